The lowest BCUT2D eigenvalue weighted by atomic mass is 9.92. The van der Waals surface area contributed by atoms with Crippen LogP contribution in [0, 0.1) is 17.8 Å². The summed E-state index contributed by atoms with van der Waals surface area (Å²) in [7, 11) is 0. The molecule has 0 aromatic heterocycles. The van der Waals surface area contributed by atoms with Gasteiger partial charge in [0.2, 0.25) is 11.8 Å². The Bertz CT molecular complexity index is 759. The van der Waals surface area contributed by atoms with Gasteiger partial charge in [-0.25, -0.2) is 0 Å². The van der Waals surface area contributed by atoms with Gasteiger partial charge in [-0.2, -0.15) is 0 Å². The van der Waals surface area contributed by atoms with Gasteiger partial charge in [0.1, 0.15) is 24.4 Å². The molecular formula is C29H56N2O12. The molecule has 1 saturated heterocycles. The van der Waals surface area contributed by atoms with E-state index in [2.05, 4.69) is 10.6 Å². The fraction of sp³-hybridized carbons (Fsp3) is 0.931. The highest BCUT2D eigenvalue weighted by atomic mass is 16.7. The fourth-order valence-electron chi connectivity index (χ4n) is 4.34. The second kappa shape index (κ2) is 22.1. The number of unbranched alkanes of at least 4 members (excludes halogenated alkanes) is 2. The van der Waals surface area contributed by atoms with Crippen molar-refractivity contribution in [3.63, 3.8) is 0 Å². The van der Waals surface area contributed by atoms with Gasteiger partial charge in [-0.1, -0.05) is 27.7 Å². The Kier molecular flexibility index (Phi) is 20.3. The van der Waals surface area contributed by atoms with Gasteiger partial charge in [-0.15, -0.1) is 0 Å². The third-order valence-electron chi connectivity index (χ3n) is 7.29. The molecule has 8 N–H and O–H groups in total. The predicted octanol–water partition coefficient (Wildman–Crippen LogP) is -0.983. The molecule has 43 heavy (non-hydrogen) atoms. The summed E-state index contributed by atoms with van der Waals surface area (Å²) in [6, 6.07) is 0. The first-order valence-electron chi connectivity index (χ1n) is 15.4. The van der Waals surface area contributed by atoms with Gasteiger partial charge in [0.25, 0.3) is 0 Å². The number of amides is 2. The van der Waals surface area contributed by atoms with Gasteiger partial charge in [-0.3, -0.25) is 9.59 Å². The van der Waals surface area contributed by atoms with Gasteiger partial charge in [0.05, 0.1) is 25.9 Å². The molecule has 1 fully saturated rings. The summed E-state index contributed by atoms with van der Waals surface area (Å²) < 4.78 is 22.5. The Hall–Kier alpha value is -1.46. The zero-order valence-electron chi connectivity index (χ0n) is 26.1. The zero-order chi connectivity index (χ0) is 32.4. The van der Waals surface area contributed by atoms with Crippen molar-refractivity contribution in [2.45, 2.75) is 109 Å². The van der Waals surface area contributed by atoms with Crippen LogP contribution in [-0.4, -0.2) is 132 Å². The topological polar surface area (TPSA) is 216 Å². The number of carbonyl (C=O) groups is 2. The third kappa shape index (κ3) is 15.4. The zero-order valence-corrected chi connectivity index (χ0v) is 26.1. The van der Waals surface area contributed by atoms with Crippen LogP contribution in [0.1, 0.15) is 66.2 Å². The molecule has 1 heterocycles. The standard InChI is InChI=1S/C29H56N2O12/c1-18(2)28(42-22(16-33)21(35)15-32)40-11-7-5-9-24(36)30-13-19(3)14-31-25(37)10-6-8-12-41-29-20(4)26(38)27(39)23(17-34)43-29/h18-23,26-29,32-35,38-39H,5-17H2,1-4H3,(H,30,36)(H,31,37)/t19?,20-,21+,22?,23?,26?,27-,28+,29+/m0/s1. The van der Waals surface area contributed by atoms with Crippen LogP contribution in [-0.2, 0) is 28.5 Å². The molecule has 9 atom stereocenters. The van der Waals surface area contributed by atoms with Gasteiger partial charge in [0, 0.05) is 51.0 Å². The highest BCUT2D eigenvalue weighted by Gasteiger charge is 2.42. The molecule has 1 rings (SSSR count). The van der Waals surface area contributed by atoms with E-state index in [1.165, 1.54) is 0 Å². The molecule has 0 saturated carbocycles. The minimum Gasteiger partial charge on any atom is -0.394 e. The van der Waals surface area contributed by atoms with E-state index in [9.17, 15) is 35.1 Å². The molecule has 0 radical (unpaired) electrons. The first kappa shape index (κ1) is 39.6. The maximum absolute atomic E-state index is 12.2. The minimum atomic E-state index is -1.21. The number of rotatable bonds is 23. The molecule has 14 heteroatoms. The second-order valence-electron chi connectivity index (χ2n) is 11.7. The van der Waals surface area contributed by atoms with Crippen molar-refractivity contribution in [2.24, 2.45) is 17.8 Å². The van der Waals surface area contributed by atoms with Crippen LogP contribution >= 0.6 is 0 Å². The van der Waals surface area contributed by atoms with Crippen molar-refractivity contribution in [1.82, 2.24) is 10.6 Å². The van der Waals surface area contributed by atoms with E-state index in [0.29, 0.717) is 64.8 Å². The quantitative estimate of drug-likeness (QED) is 0.0508. The molecule has 2 amide bonds. The predicted molar refractivity (Wildman–Crippen MR) is 155 cm³/mol. The lowest BCUT2D eigenvalue weighted by molar-refractivity contribution is -0.282. The molecular weight excluding hydrogens is 568 g/mol. The van der Waals surface area contributed by atoms with Gasteiger partial charge < -0.3 is 60.2 Å². The summed E-state index contributed by atoms with van der Waals surface area (Å²) in [5, 5.41) is 63.1. The lowest BCUT2D eigenvalue weighted by Gasteiger charge is -2.40. The monoisotopic (exact) mass is 624 g/mol. The normalized spacial score (nSPS) is 25.2. The van der Waals surface area contributed by atoms with Crippen LogP contribution in [0.5, 0.6) is 0 Å². The first-order chi connectivity index (χ1) is 20.4. The van der Waals surface area contributed by atoms with Crippen molar-refractivity contribution < 1.29 is 59.2 Å². The maximum atomic E-state index is 12.2. The Morgan fingerprint density at radius 1 is 0.860 bits per heavy atom. The fourth-order valence-corrected chi connectivity index (χ4v) is 4.34. The van der Waals surface area contributed by atoms with Gasteiger partial charge in [-0.05, 0) is 31.6 Å². The summed E-state index contributed by atoms with van der Waals surface area (Å²) in [5.74, 6) is -0.647. The van der Waals surface area contributed by atoms with Crippen molar-refractivity contribution in [3.8, 4) is 0 Å². The first-order valence-corrected chi connectivity index (χ1v) is 15.4. The van der Waals surface area contributed by atoms with Crippen LogP contribution in [0.2, 0.25) is 0 Å². The van der Waals surface area contributed by atoms with Crippen LogP contribution in [0.25, 0.3) is 0 Å². The SMILES string of the molecule is CC(CNC(=O)CCCCO[C@H](OC(CO)[C@H](O)CO)C(C)C)CNC(=O)CCCCO[C@@H]1OC(CO)[C@H](O)C(O)[C@@H]1C. The molecule has 0 spiro atoms. The van der Waals surface area contributed by atoms with E-state index in [1.54, 1.807) is 6.92 Å². The number of nitrogens with one attached hydrogen (secondary N) is 2. The molecule has 4 unspecified atom stereocenters. The molecule has 0 aromatic carbocycles. The number of ether oxygens (including phenoxy) is 4. The van der Waals surface area contributed by atoms with E-state index < -0.39 is 68.8 Å². The number of hydrogen-bond acceptors (Lipinski definition) is 12. The van der Waals surface area contributed by atoms with Crippen molar-refractivity contribution in [1.29, 1.82) is 0 Å². The number of aliphatic hydroxyl groups is 6. The Labute approximate surface area is 255 Å². The smallest absolute Gasteiger partial charge is 0.220 e. The van der Waals surface area contributed by atoms with E-state index in [0.717, 1.165) is 0 Å². The largest absolute Gasteiger partial charge is 0.394 e. The molecule has 1 aliphatic heterocycles. The van der Waals surface area contributed by atoms with Crippen LogP contribution in [0.3, 0.4) is 0 Å². The molecule has 0 aromatic rings. The number of hydrogen-bond donors (Lipinski definition) is 8. The highest BCUT2D eigenvalue weighted by Crippen LogP contribution is 2.26. The maximum Gasteiger partial charge on any atom is 0.220 e. The summed E-state index contributed by atoms with van der Waals surface area (Å²) in [4.78, 5) is 24.4. The summed E-state index contributed by atoms with van der Waals surface area (Å²) >= 11 is 0. The van der Waals surface area contributed by atoms with Crippen LogP contribution < -0.4 is 10.6 Å². The Morgan fingerprint density at radius 3 is 1.95 bits per heavy atom. The number of carbonyl (C=O) groups excluding carboxylic acids is 2. The van der Waals surface area contributed by atoms with E-state index in [1.807, 2.05) is 20.8 Å². The van der Waals surface area contributed by atoms with E-state index >= 15 is 0 Å². The average Bonchev–Trinajstić information content (AvgIpc) is 2.99. The van der Waals surface area contributed by atoms with Gasteiger partial charge in [0.15, 0.2) is 12.6 Å². The van der Waals surface area contributed by atoms with Crippen LogP contribution in [0.4, 0.5) is 0 Å². The summed E-state index contributed by atoms with van der Waals surface area (Å²) in [6.07, 6.45) is -3.65. The summed E-state index contributed by atoms with van der Waals surface area (Å²) in [6.45, 7) is 7.48. The molecule has 0 bridgehead atoms. The Balaban J connectivity index is 2.13. The number of aliphatic hydroxyl groups excluding tert-OH is 6. The summed E-state index contributed by atoms with van der Waals surface area (Å²) in [5.41, 5.74) is 0. The van der Waals surface area contributed by atoms with Crippen molar-refractivity contribution >= 4 is 11.8 Å². The lowest BCUT2D eigenvalue weighted by Crippen LogP contribution is -2.55. The van der Waals surface area contributed by atoms with Crippen LogP contribution in [0.15, 0.2) is 0 Å². The van der Waals surface area contributed by atoms with Gasteiger partial charge >= 0.3 is 0 Å². The molecule has 1 aliphatic rings. The van der Waals surface area contributed by atoms with Crippen molar-refractivity contribution in [2.75, 3.05) is 46.1 Å². The third-order valence-corrected chi connectivity index (χ3v) is 7.29. The average molecular weight is 625 g/mol. The second-order valence-corrected chi connectivity index (χ2v) is 11.7. The van der Waals surface area contributed by atoms with Crippen molar-refractivity contribution in [3.05, 3.63) is 0 Å². The molecule has 0 aliphatic carbocycles. The van der Waals surface area contributed by atoms with E-state index in [-0.39, 0.29) is 23.7 Å². The minimum absolute atomic E-state index is 0.0433. The molecule has 254 valence electrons. The molecule has 14 nitrogen and oxygen atoms in total. The van der Waals surface area contributed by atoms with E-state index in [4.69, 9.17) is 24.1 Å². The Morgan fingerprint density at radius 2 is 1.44 bits per heavy atom. The highest BCUT2D eigenvalue weighted by molar-refractivity contribution is 5.76.